The quantitative estimate of drug-likeness (QED) is 0.198. The van der Waals surface area contributed by atoms with Crippen LogP contribution in [-0.4, -0.2) is 11.5 Å². The van der Waals surface area contributed by atoms with Crippen LogP contribution in [0.5, 0.6) is 5.75 Å². The summed E-state index contributed by atoms with van der Waals surface area (Å²) < 4.78 is 118. The number of nitrogens with zero attached hydrogens (tertiary/aromatic N) is 1. The Morgan fingerprint density at radius 2 is 1.40 bits per heavy atom. The minimum atomic E-state index is -5.03. The Hall–Kier alpha value is -4.92. The van der Waals surface area contributed by atoms with Crippen molar-refractivity contribution in [1.29, 1.82) is 5.26 Å². The Morgan fingerprint density at radius 3 is 2.02 bits per heavy atom. The summed E-state index contributed by atoms with van der Waals surface area (Å²) in [6.07, 6.45) is -10.2. The number of benzene rings is 4. The van der Waals surface area contributed by atoms with Gasteiger partial charge in [-0.05, 0) is 79.1 Å². The average Bonchev–Trinajstić information content (AvgIpc) is 2.97. The molecule has 1 amide bonds. The molecule has 0 bridgehead atoms. The number of carbonyl (C=O) groups excluding carboxylic acids is 1. The lowest BCUT2D eigenvalue weighted by molar-refractivity contribution is -0.138. The van der Waals surface area contributed by atoms with E-state index in [4.69, 9.17) is 4.74 Å². The standard InChI is InChI=1S/C33H24F8N2O2/c1-30(2,19-42)45-28-17-22(11-12-27(28)35)31(18-20-7-4-3-5-8-20,24-14-25(33(39,40)41)16-26(34)15-24)43-29(44)21-9-6-10-23(13-21)32(36,37)38/h3-17H,18H2,1-2H3,(H,43,44). The first-order valence-corrected chi connectivity index (χ1v) is 13.3. The van der Waals surface area contributed by atoms with Gasteiger partial charge in [0.25, 0.3) is 5.91 Å². The summed E-state index contributed by atoms with van der Waals surface area (Å²) in [5, 5.41) is 12.0. The van der Waals surface area contributed by atoms with E-state index in [0.29, 0.717) is 17.7 Å². The Morgan fingerprint density at radius 1 is 0.756 bits per heavy atom. The van der Waals surface area contributed by atoms with Gasteiger partial charge in [-0.2, -0.15) is 31.6 Å². The second-order valence-electron chi connectivity index (χ2n) is 10.7. The number of ether oxygens (including phenoxy) is 1. The predicted octanol–water partition coefficient (Wildman–Crippen LogP) is 8.60. The number of carbonyl (C=O) groups is 1. The second kappa shape index (κ2) is 12.2. The van der Waals surface area contributed by atoms with Crippen molar-refractivity contribution in [1.82, 2.24) is 5.32 Å². The van der Waals surface area contributed by atoms with Gasteiger partial charge in [0, 0.05) is 12.0 Å². The first kappa shape index (κ1) is 33.0. The van der Waals surface area contributed by atoms with Crippen molar-refractivity contribution in [3.8, 4) is 11.8 Å². The number of hydrogen-bond acceptors (Lipinski definition) is 3. The Labute approximate surface area is 252 Å². The first-order valence-electron chi connectivity index (χ1n) is 13.3. The molecule has 4 nitrogen and oxygen atoms in total. The molecule has 234 valence electrons. The van der Waals surface area contributed by atoms with E-state index in [1.807, 2.05) is 6.07 Å². The normalized spacial score (nSPS) is 13.4. The molecule has 1 N–H and O–H groups in total. The molecule has 1 unspecified atom stereocenters. The largest absolute Gasteiger partial charge is 0.470 e. The van der Waals surface area contributed by atoms with E-state index in [1.165, 1.54) is 13.8 Å². The number of hydrogen-bond donors (Lipinski definition) is 1. The molecule has 0 aliphatic heterocycles. The van der Waals surface area contributed by atoms with Gasteiger partial charge in [-0.25, -0.2) is 8.78 Å². The molecule has 4 aromatic carbocycles. The van der Waals surface area contributed by atoms with Gasteiger partial charge in [0.2, 0.25) is 0 Å². The van der Waals surface area contributed by atoms with Crippen molar-refractivity contribution in [3.63, 3.8) is 0 Å². The summed E-state index contributed by atoms with van der Waals surface area (Å²) >= 11 is 0. The van der Waals surface area contributed by atoms with Crippen molar-refractivity contribution in [2.75, 3.05) is 0 Å². The molecule has 0 aromatic heterocycles. The maximum atomic E-state index is 15.0. The van der Waals surface area contributed by atoms with Gasteiger partial charge < -0.3 is 10.1 Å². The fourth-order valence-corrected chi connectivity index (χ4v) is 4.71. The van der Waals surface area contributed by atoms with Gasteiger partial charge in [-0.15, -0.1) is 0 Å². The van der Waals surface area contributed by atoms with Crippen LogP contribution < -0.4 is 10.1 Å². The molecular weight excluding hydrogens is 608 g/mol. The fraction of sp³-hybridized carbons (Fsp3) is 0.212. The number of alkyl halides is 6. The summed E-state index contributed by atoms with van der Waals surface area (Å²) in [5.74, 6) is -3.96. The third-order valence-corrected chi connectivity index (χ3v) is 6.87. The predicted molar refractivity (Wildman–Crippen MR) is 148 cm³/mol. The SMILES string of the molecule is CC(C)(C#N)Oc1cc(C(Cc2ccccc2)(NC(=O)c2cccc(C(F)(F)F)c2)c2cc(F)cc(C(F)(F)F)c2)ccc1F. The van der Waals surface area contributed by atoms with Crippen LogP contribution in [0, 0.1) is 23.0 Å². The number of rotatable bonds is 8. The highest BCUT2D eigenvalue weighted by atomic mass is 19.4. The summed E-state index contributed by atoms with van der Waals surface area (Å²) in [6.45, 7) is 2.65. The van der Waals surface area contributed by atoms with Crippen LogP contribution in [0.2, 0.25) is 0 Å². The van der Waals surface area contributed by atoms with Gasteiger partial charge in [0.1, 0.15) is 11.9 Å². The van der Waals surface area contributed by atoms with Crippen LogP contribution in [0.4, 0.5) is 35.1 Å². The maximum Gasteiger partial charge on any atom is 0.416 e. The van der Waals surface area contributed by atoms with Crippen molar-refractivity contribution in [2.24, 2.45) is 0 Å². The smallest absolute Gasteiger partial charge is 0.416 e. The van der Waals surface area contributed by atoms with E-state index in [0.717, 1.165) is 42.5 Å². The van der Waals surface area contributed by atoms with Gasteiger partial charge in [0.05, 0.1) is 16.7 Å². The highest BCUT2D eigenvalue weighted by Gasteiger charge is 2.41. The molecule has 0 saturated heterocycles. The molecule has 0 spiro atoms. The molecule has 12 heteroatoms. The van der Waals surface area contributed by atoms with E-state index in [9.17, 15) is 45.2 Å². The lowest BCUT2D eigenvalue weighted by Crippen LogP contribution is -2.49. The Balaban J connectivity index is 2.04. The molecule has 0 aliphatic carbocycles. The van der Waals surface area contributed by atoms with Crippen molar-refractivity contribution >= 4 is 5.91 Å². The highest BCUT2D eigenvalue weighted by Crippen LogP contribution is 2.40. The lowest BCUT2D eigenvalue weighted by atomic mass is 9.77. The molecule has 0 heterocycles. The zero-order valence-corrected chi connectivity index (χ0v) is 23.7. The van der Waals surface area contributed by atoms with Crippen molar-refractivity contribution in [2.45, 2.75) is 43.8 Å². The molecule has 4 rings (SSSR count). The summed E-state index contributed by atoms with van der Waals surface area (Å²) in [6, 6.07) is 17.8. The van der Waals surface area contributed by atoms with Gasteiger partial charge in [0.15, 0.2) is 17.2 Å². The monoisotopic (exact) mass is 632 g/mol. The van der Waals surface area contributed by atoms with Crippen molar-refractivity contribution < 1.29 is 44.7 Å². The molecule has 4 aromatic rings. The van der Waals surface area contributed by atoms with Crippen LogP contribution in [0.1, 0.15) is 52.0 Å². The summed E-state index contributed by atoms with van der Waals surface area (Å²) in [4.78, 5) is 13.7. The lowest BCUT2D eigenvalue weighted by Gasteiger charge is -2.37. The van der Waals surface area contributed by atoms with E-state index < -0.39 is 69.0 Å². The third-order valence-electron chi connectivity index (χ3n) is 6.87. The van der Waals surface area contributed by atoms with Gasteiger partial charge in [-0.1, -0.05) is 42.5 Å². The van der Waals surface area contributed by atoms with Crippen LogP contribution in [0.25, 0.3) is 0 Å². The van der Waals surface area contributed by atoms with Gasteiger partial charge in [-0.3, -0.25) is 4.79 Å². The molecule has 0 fully saturated rings. The number of nitrogens with one attached hydrogen (secondary N) is 1. The number of halogens is 8. The average molecular weight is 633 g/mol. The summed E-state index contributed by atoms with van der Waals surface area (Å²) in [7, 11) is 0. The van der Waals surface area contributed by atoms with Crippen LogP contribution in [0.15, 0.2) is 91.0 Å². The van der Waals surface area contributed by atoms with E-state index in [-0.39, 0.29) is 18.1 Å². The van der Waals surface area contributed by atoms with E-state index in [2.05, 4.69) is 5.32 Å². The second-order valence-corrected chi connectivity index (χ2v) is 10.7. The van der Waals surface area contributed by atoms with E-state index >= 15 is 0 Å². The topological polar surface area (TPSA) is 62.1 Å². The minimum absolute atomic E-state index is 0.115. The summed E-state index contributed by atoms with van der Waals surface area (Å²) in [5.41, 5.74) is -6.96. The zero-order valence-electron chi connectivity index (χ0n) is 23.7. The number of amides is 1. The molecule has 45 heavy (non-hydrogen) atoms. The molecule has 0 radical (unpaired) electrons. The third kappa shape index (κ3) is 7.60. The van der Waals surface area contributed by atoms with Crippen LogP contribution in [0.3, 0.4) is 0 Å². The Kier molecular flexibility index (Phi) is 8.96. The minimum Gasteiger partial charge on any atom is -0.470 e. The van der Waals surface area contributed by atoms with Gasteiger partial charge >= 0.3 is 12.4 Å². The fourth-order valence-electron chi connectivity index (χ4n) is 4.71. The molecule has 0 saturated carbocycles. The maximum absolute atomic E-state index is 15.0. The van der Waals surface area contributed by atoms with E-state index in [1.54, 1.807) is 30.3 Å². The number of nitriles is 1. The zero-order chi connectivity index (χ0) is 33.2. The molecule has 0 aliphatic rings. The van der Waals surface area contributed by atoms with Crippen LogP contribution >= 0.6 is 0 Å². The highest BCUT2D eigenvalue weighted by molar-refractivity contribution is 5.95. The van der Waals surface area contributed by atoms with Crippen LogP contribution in [-0.2, 0) is 24.3 Å². The first-order chi connectivity index (χ1) is 20.9. The molecular formula is C33H24F8N2O2. The Bertz CT molecular complexity index is 1740. The molecule has 1 atom stereocenters. The van der Waals surface area contributed by atoms with Crippen molar-refractivity contribution in [3.05, 3.63) is 136 Å².